The van der Waals surface area contributed by atoms with Gasteiger partial charge in [0.2, 0.25) is 0 Å². The van der Waals surface area contributed by atoms with Gasteiger partial charge in [-0.1, -0.05) is 13.3 Å². The second kappa shape index (κ2) is 6.17. The lowest BCUT2D eigenvalue weighted by Gasteiger charge is -2.48. The summed E-state index contributed by atoms with van der Waals surface area (Å²) in [5, 5.41) is 0. The molecule has 0 N–H and O–H groups in total. The summed E-state index contributed by atoms with van der Waals surface area (Å²) in [6.07, 6.45) is 5.54. The van der Waals surface area contributed by atoms with Crippen LogP contribution in [0.5, 0.6) is 0 Å². The van der Waals surface area contributed by atoms with Crippen molar-refractivity contribution in [1.82, 2.24) is 9.80 Å². The minimum atomic E-state index is 0.757. The lowest BCUT2D eigenvalue weighted by Crippen LogP contribution is -2.58. The van der Waals surface area contributed by atoms with Crippen molar-refractivity contribution in [2.24, 2.45) is 0 Å². The van der Waals surface area contributed by atoms with E-state index in [0.717, 1.165) is 12.1 Å². The van der Waals surface area contributed by atoms with Gasteiger partial charge in [-0.05, 0) is 51.3 Å². The van der Waals surface area contributed by atoms with Gasteiger partial charge in [0.1, 0.15) is 0 Å². The Hall–Kier alpha value is -0.380. The first-order valence-corrected chi connectivity index (χ1v) is 9.03. The largest absolute Gasteiger partial charge is 0.298 e. The highest BCUT2D eigenvalue weighted by atomic mass is 32.1. The van der Waals surface area contributed by atoms with Gasteiger partial charge in [0.15, 0.2) is 0 Å². The summed E-state index contributed by atoms with van der Waals surface area (Å²) in [6, 6.07) is 3.99. The molecule has 3 rings (SSSR count). The molecule has 0 radical (unpaired) electrons. The van der Waals surface area contributed by atoms with Crippen LogP contribution in [-0.4, -0.2) is 41.5 Å². The molecule has 0 saturated carbocycles. The third-order valence-electron chi connectivity index (χ3n) is 5.20. The molecule has 3 heteroatoms. The van der Waals surface area contributed by atoms with E-state index in [1.54, 1.807) is 4.88 Å². The Bertz CT molecular complexity index is 434. The Balaban J connectivity index is 1.70. The minimum Gasteiger partial charge on any atom is -0.298 e. The van der Waals surface area contributed by atoms with Crippen LogP contribution in [0.4, 0.5) is 0 Å². The predicted octanol–water partition coefficient (Wildman–Crippen LogP) is 3.81. The lowest BCUT2D eigenvalue weighted by atomic mass is 9.96. The first kappa shape index (κ1) is 14.6. The number of hydrogen-bond acceptors (Lipinski definition) is 3. The van der Waals surface area contributed by atoms with Gasteiger partial charge in [0.25, 0.3) is 0 Å². The van der Waals surface area contributed by atoms with Gasteiger partial charge in [-0.2, -0.15) is 0 Å². The van der Waals surface area contributed by atoms with E-state index in [9.17, 15) is 0 Å². The Morgan fingerprint density at radius 3 is 2.80 bits per heavy atom. The number of fused-ring (bicyclic) bond motifs is 1. The summed E-state index contributed by atoms with van der Waals surface area (Å²) in [4.78, 5) is 8.57. The summed E-state index contributed by atoms with van der Waals surface area (Å²) < 4.78 is 0. The van der Waals surface area contributed by atoms with Gasteiger partial charge in [-0.3, -0.25) is 9.80 Å². The molecule has 2 saturated heterocycles. The molecule has 2 aliphatic heterocycles. The van der Waals surface area contributed by atoms with Gasteiger partial charge in [0.05, 0.1) is 0 Å². The Kier molecular flexibility index (Phi) is 4.49. The number of piperazine rings is 1. The van der Waals surface area contributed by atoms with Crippen LogP contribution in [0.3, 0.4) is 0 Å². The van der Waals surface area contributed by atoms with Crippen LogP contribution in [0.15, 0.2) is 6.07 Å². The highest BCUT2D eigenvalue weighted by Gasteiger charge is 2.34. The average molecular weight is 292 g/mol. The number of rotatable bonds is 3. The molecule has 3 heterocycles. The third kappa shape index (κ3) is 2.95. The van der Waals surface area contributed by atoms with Crippen LogP contribution in [0.2, 0.25) is 0 Å². The summed E-state index contributed by atoms with van der Waals surface area (Å²) >= 11 is 1.99. The molecule has 0 spiro atoms. The molecule has 0 aliphatic carbocycles. The lowest BCUT2D eigenvalue weighted by molar-refractivity contribution is 0.00376. The number of thiophene rings is 1. The molecule has 1 aromatic rings. The topological polar surface area (TPSA) is 6.48 Å². The van der Waals surface area contributed by atoms with Crippen molar-refractivity contribution in [3.8, 4) is 0 Å². The highest BCUT2D eigenvalue weighted by Crippen LogP contribution is 2.28. The van der Waals surface area contributed by atoms with Crippen LogP contribution in [0.1, 0.15) is 47.9 Å². The summed E-state index contributed by atoms with van der Waals surface area (Å²) in [5.41, 5.74) is 1.47. The van der Waals surface area contributed by atoms with Gasteiger partial charge in [0, 0.05) is 41.5 Å². The van der Waals surface area contributed by atoms with Crippen LogP contribution in [0, 0.1) is 13.8 Å². The number of piperidine rings is 1. The Morgan fingerprint density at radius 1 is 1.25 bits per heavy atom. The molecule has 2 aliphatic rings. The Morgan fingerprint density at radius 2 is 2.10 bits per heavy atom. The molecular formula is C17H28N2S. The van der Waals surface area contributed by atoms with Gasteiger partial charge >= 0.3 is 0 Å². The van der Waals surface area contributed by atoms with Crippen molar-refractivity contribution in [3.63, 3.8) is 0 Å². The molecule has 2 fully saturated rings. The number of aryl methyl sites for hydroxylation is 2. The fourth-order valence-corrected chi connectivity index (χ4v) is 4.90. The van der Waals surface area contributed by atoms with Gasteiger partial charge in [-0.15, -0.1) is 11.3 Å². The van der Waals surface area contributed by atoms with E-state index in [2.05, 4.69) is 36.6 Å². The summed E-state index contributed by atoms with van der Waals surface area (Å²) in [5.74, 6) is 0. The molecular weight excluding hydrogens is 264 g/mol. The monoisotopic (exact) mass is 292 g/mol. The maximum atomic E-state index is 2.76. The molecule has 2 nitrogen and oxygen atoms in total. The third-order valence-corrected chi connectivity index (χ3v) is 6.34. The molecule has 20 heavy (non-hydrogen) atoms. The van der Waals surface area contributed by atoms with E-state index < -0.39 is 0 Å². The molecule has 0 amide bonds. The average Bonchev–Trinajstić information content (AvgIpc) is 2.76. The standard InChI is InChI=1S/C17H28N2S/c1-4-15-10-18-8-6-5-7-16(18)11-19(15)12-17-9-13(2)14(3)20-17/h9,15-16H,4-8,10-12H2,1-3H3. The van der Waals surface area contributed by atoms with Crippen LogP contribution >= 0.6 is 11.3 Å². The molecule has 2 atom stereocenters. The van der Waals surface area contributed by atoms with Crippen molar-refractivity contribution < 1.29 is 0 Å². The predicted molar refractivity (Wildman–Crippen MR) is 87.5 cm³/mol. The first-order chi connectivity index (χ1) is 9.67. The molecule has 2 unspecified atom stereocenters. The smallest absolute Gasteiger partial charge is 0.0332 e. The fraction of sp³-hybridized carbons (Fsp3) is 0.765. The SMILES string of the molecule is CCC1CN2CCCCC2CN1Cc1cc(C)c(C)s1. The maximum Gasteiger partial charge on any atom is 0.0332 e. The highest BCUT2D eigenvalue weighted by molar-refractivity contribution is 7.12. The molecule has 0 aromatic carbocycles. The minimum absolute atomic E-state index is 0.757. The van der Waals surface area contributed by atoms with Crippen molar-refractivity contribution in [2.75, 3.05) is 19.6 Å². The molecule has 112 valence electrons. The summed E-state index contributed by atoms with van der Waals surface area (Å²) in [6.45, 7) is 11.9. The first-order valence-electron chi connectivity index (χ1n) is 8.21. The number of nitrogens with zero attached hydrogens (tertiary/aromatic N) is 2. The summed E-state index contributed by atoms with van der Waals surface area (Å²) in [7, 11) is 0. The molecule has 1 aromatic heterocycles. The molecule has 0 bridgehead atoms. The Labute approximate surface area is 127 Å². The second-order valence-corrected chi connectivity index (χ2v) is 7.93. The zero-order valence-electron chi connectivity index (χ0n) is 13.2. The van der Waals surface area contributed by atoms with E-state index in [-0.39, 0.29) is 0 Å². The van der Waals surface area contributed by atoms with Gasteiger partial charge < -0.3 is 0 Å². The van der Waals surface area contributed by atoms with Gasteiger partial charge in [-0.25, -0.2) is 0 Å². The van der Waals surface area contributed by atoms with E-state index in [1.165, 1.54) is 62.3 Å². The van der Waals surface area contributed by atoms with Crippen LogP contribution in [-0.2, 0) is 6.54 Å². The van der Waals surface area contributed by atoms with E-state index in [0.29, 0.717) is 0 Å². The van der Waals surface area contributed by atoms with E-state index in [1.807, 2.05) is 11.3 Å². The van der Waals surface area contributed by atoms with E-state index >= 15 is 0 Å². The second-order valence-electron chi connectivity index (χ2n) is 6.59. The normalized spacial score (nSPS) is 28.6. The zero-order valence-corrected chi connectivity index (χ0v) is 14.0. The van der Waals surface area contributed by atoms with Crippen molar-refractivity contribution >= 4 is 11.3 Å². The zero-order chi connectivity index (χ0) is 14.1. The van der Waals surface area contributed by atoms with Crippen molar-refractivity contribution in [3.05, 3.63) is 21.4 Å². The van der Waals surface area contributed by atoms with Crippen molar-refractivity contribution in [2.45, 2.75) is 65.1 Å². The quantitative estimate of drug-likeness (QED) is 0.836. The number of hydrogen-bond donors (Lipinski definition) is 0. The van der Waals surface area contributed by atoms with Crippen molar-refractivity contribution in [1.29, 1.82) is 0 Å². The van der Waals surface area contributed by atoms with Crippen LogP contribution in [0.25, 0.3) is 0 Å². The fourth-order valence-electron chi connectivity index (χ4n) is 3.82. The van der Waals surface area contributed by atoms with E-state index in [4.69, 9.17) is 0 Å². The van der Waals surface area contributed by atoms with Crippen LogP contribution < -0.4 is 0 Å². The maximum absolute atomic E-state index is 2.76.